The third-order valence-corrected chi connectivity index (χ3v) is 3.02. The molecule has 18 heavy (non-hydrogen) atoms. The average Bonchev–Trinajstić information content (AvgIpc) is 2.33. The highest BCUT2D eigenvalue weighted by atomic mass is 16.5. The first kappa shape index (κ1) is 12.5. The van der Waals surface area contributed by atoms with Gasteiger partial charge in [0.1, 0.15) is 5.82 Å². The Bertz CT molecular complexity index is 545. The van der Waals surface area contributed by atoms with E-state index in [1.54, 1.807) is 11.5 Å². The van der Waals surface area contributed by atoms with Gasteiger partial charge in [0.15, 0.2) is 0 Å². The van der Waals surface area contributed by atoms with E-state index in [1.165, 1.54) is 18.3 Å². The van der Waals surface area contributed by atoms with Crippen molar-refractivity contribution >= 4 is 11.5 Å². The van der Waals surface area contributed by atoms with Crippen molar-refractivity contribution in [3.8, 4) is 0 Å². The van der Waals surface area contributed by atoms with Crippen LogP contribution < -0.4 is 5.56 Å². The minimum absolute atomic E-state index is 0.0815. The highest BCUT2D eigenvalue weighted by Crippen LogP contribution is 2.29. The van der Waals surface area contributed by atoms with Gasteiger partial charge in [-0.1, -0.05) is 0 Å². The molecule has 0 spiro atoms. The Morgan fingerprint density at radius 3 is 3.17 bits per heavy atom. The molecular formula is C13H16N2O3. The lowest BCUT2D eigenvalue weighted by Crippen LogP contribution is -2.29. The predicted molar refractivity (Wildman–Crippen MR) is 67.1 cm³/mol. The lowest BCUT2D eigenvalue weighted by molar-refractivity contribution is -0.137. The maximum absolute atomic E-state index is 11.8. The van der Waals surface area contributed by atoms with E-state index in [1.807, 2.05) is 6.92 Å². The van der Waals surface area contributed by atoms with Crippen molar-refractivity contribution < 1.29 is 9.53 Å². The topological polar surface area (TPSA) is 61.2 Å². The Balaban J connectivity index is 2.44. The molecule has 0 fully saturated rings. The summed E-state index contributed by atoms with van der Waals surface area (Å²) in [6.07, 6.45) is 4.47. The van der Waals surface area contributed by atoms with Crippen LogP contribution in [-0.4, -0.2) is 22.1 Å². The molecule has 0 aromatic carbocycles. The van der Waals surface area contributed by atoms with Gasteiger partial charge in [-0.2, -0.15) is 0 Å². The molecule has 5 heteroatoms. The Morgan fingerprint density at radius 2 is 2.44 bits per heavy atom. The molecule has 0 amide bonds. The maximum atomic E-state index is 11.8. The van der Waals surface area contributed by atoms with Gasteiger partial charge in [0.25, 0.3) is 5.56 Å². The van der Waals surface area contributed by atoms with Crippen LogP contribution in [0.5, 0.6) is 0 Å². The molecule has 96 valence electrons. The molecule has 0 bridgehead atoms. The Hall–Kier alpha value is -1.91. The van der Waals surface area contributed by atoms with Gasteiger partial charge in [-0.05, 0) is 26.7 Å². The first-order valence-corrected chi connectivity index (χ1v) is 6.08. The average molecular weight is 248 g/mol. The van der Waals surface area contributed by atoms with Crippen LogP contribution in [0.1, 0.15) is 38.6 Å². The SMILES string of the molecule is CCOC(=O)/C=C1/CCC(C)n2c1nccc2=O. The molecule has 0 saturated heterocycles. The molecule has 2 heterocycles. The summed E-state index contributed by atoms with van der Waals surface area (Å²) in [4.78, 5) is 27.5. The van der Waals surface area contributed by atoms with Crippen molar-refractivity contribution in [1.29, 1.82) is 0 Å². The van der Waals surface area contributed by atoms with Gasteiger partial charge in [-0.25, -0.2) is 9.78 Å². The number of hydrogen-bond donors (Lipinski definition) is 0. The number of allylic oxidation sites excluding steroid dienone is 1. The molecule has 1 aliphatic heterocycles. The number of hydrogen-bond acceptors (Lipinski definition) is 4. The van der Waals surface area contributed by atoms with Crippen LogP contribution in [0, 0.1) is 0 Å². The third kappa shape index (κ3) is 2.34. The van der Waals surface area contributed by atoms with E-state index in [9.17, 15) is 9.59 Å². The van der Waals surface area contributed by atoms with Gasteiger partial charge in [-0.3, -0.25) is 9.36 Å². The number of rotatable bonds is 2. The summed E-state index contributed by atoms with van der Waals surface area (Å²) in [5.41, 5.74) is 0.686. The second kappa shape index (κ2) is 5.16. The summed E-state index contributed by atoms with van der Waals surface area (Å²) >= 11 is 0. The summed E-state index contributed by atoms with van der Waals surface area (Å²) in [5.74, 6) is 0.195. The van der Waals surface area contributed by atoms with Gasteiger partial charge in [0.05, 0.1) is 6.61 Å². The van der Waals surface area contributed by atoms with Gasteiger partial charge in [-0.15, -0.1) is 0 Å². The maximum Gasteiger partial charge on any atom is 0.331 e. The zero-order valence-electron chi connectivity index (χ0n) is 10.5. The smallest absolute Gasteiger partial charge is 0.331 e. The van der Waals surface area contributed by atoms with Crippen LogP contribution in [0.2, 0.25) is 0 Å². The van der Waals surface area contributed by atoms with Crippen LogP contribution in [0.4, 0.5) is 0 Å². The van der Waals surface area contributed by atoms with E-state index in [2.05, 4.69) is 4.98 Å². The zero-order valence-corrected chi connectivity index (χ0v) is 10.5. The van der Waals surface area contributed by atoms with Crippen molar-refractivity contribution in [2.45, 2.75) is 32.7 Å². The van der Waals surface area contributed by atoms with E-state index >= 15 is 0 Å². The highest BCUT2D eigenvalue weighted by Gasteiger charge is 2.22. The number of ether oxygens (including phenoxy) is 1. The molecule has 1 aromatic rings. The number of aromatic nitrogens is 2. The summed E-state index contributed by atoms with van der Waals surface area (Å²) in [6, 6.07) is 1.55. The van der Waals surface area contributed by atoms with Crippen LogP contribution in [-0.2, 0) is 9.53 Å². The lowest BCUT2D eigenvalue weighted by atomic mass is 10.00. The third-order valence-electron chi connectivity index (χ3n) is 3.02. The second-order valence-electron chi connectivity index (χ2n) is 4.29. The Kier molecular flexibility index (Phi) is 3.60. The molecular weight excluding hydrogens is 232 g/mol. The standard InChI is InChI=1S/C13H16N2O3/c1-3-18-12(17)8-10-5-4-9(2)15-11(16)6-7-14-13(10)15/h6-9H,3-5H2,1-2H3/b10-8-. The molecule has 5 nitrogen and oxygen atoms in total. The summed E-state index contributed by atoms with van der Waals surface area (Å²) < 4.78 is 6.52. The van der Waals surface area contributed by atoms with Crippen LogP contribution >= 0.6 is 0 Å². The molecule has 1 unspecified atom stereocenters. The van der Waals surface area contributed by atoms with Crippen LogP contribution in [0.15, 0.2) is 23.1 Å². The highest BCUT2D eigenvalue weighted by molar-refractivity contribution is 5.90. The number of fused-ring (bicyclic) bond motifs is 1. The van der Waals surface area contributed by atoms with Crippen LogP contribution in [0.3, 0.4) is 0 Å². The van der Waals surface area contributed by atoms with E-state index < -0.39 is 0 Å². The molecule has 0 aliphatic carbocycles. The fraction of sp³-hybridized carbons (Fsp3) is 0.462. The summed E-state index contributed by atoms with van der Waals surface area (Å²) in [5, 5.41) is 0. The molecule has 0 N–H and O–H groups in total. The first-order chi connectivity index (χ1) is 8.63. The normalized spacial score (nSPS) is 20.6. The van der Waals surface area contributed by atoms with E-state index in [4.69, 9.17) is 4.74 Å². The number of carbonyl (C=O) groups is 1. The Morgan fingerprint density at radius 1 is 1.67 bits per heavy atom. The predicted octanol–water partition coefficient (Wildman–Crippen LogP) is 1.54. The largest absolute Gasteiger partial charge is 0.463 e. The van der Waals surface area contributed by atoms with Crippen molar-refractivity contribution in [3.63, 3.8) is 0 Å². The van der Waals surface area contributed by atoms with Crippen molar-refractivity contribution in [2.75, 3.05) is 6.61 Å². The second-order valence-corrected chi connectivity index (χ2v) is 4.29. The quantitative estimate of drug-likeness (QED) is 0.588. The van der Waals surface area contributed by atoms with E-state index in [-0.39, 0.29) is 17.6 Å². The molecule has 1 aliphatic rings. The Labute approximate surface area is 105 Å². The van der Waals surface area contributed by atoms with Crippen molar-refractivity contribution in [1.82, 2.24) is 9.55 Å². The first-order valence-electron chi connectivity index (χ1n) is 6.08. The molecule has 1 aromatic heterocycles. The zero-order chi connectivity index (χ0) is 13.1. The monoisotopic (exact) mass is 248 g/mol. The molecule has 0 radical (unpaired) electrons. The van der Waals surface area contributed by atoms with Gasteiger partial charge in [0, 0.05) is 30.0 Å². The molecule has 1 atom stereocenters. The minimum Gasteiger partial charge on any atom is -0.463 e. The van der Waals surface area contributed by atoms with E-state index in [0.29, 0.717) is 12.4 Å². The lowest BCUT2D eigenvalue weighted by Gasteiger charge is -2.25. The minimum atomic E-state index is -0.383. The number of nitrogens with zero attached hydrogens (tertiary/aromatic N) is 2. The summed E-state index contributed by atoms with van der Waals surface area (Å²) in [6.45, 7) is 4.08. The number of esters is 1. The molecule has 0 saturated carbocycles. The van der Waals surface area contributed by atoms with Crippen LogP contribution in [0.25, 0.3) is 5.57 Å². The summed E-state index contributed by atoms with van der Waals surface area (Å²) in [7, 11) is 0. The molecule has 2 rings (SSSR count). The van der Waals surface area contributed by atoms with Crippen molar-refractivity contribution in [2.24, 2.45) is 0 Å². The number of carbonyl (C=O) groups excluding carboxylic acids is 1. The fourth-order valence-corrected chi connectivity index (χ4v) is 2.15. The van der Waals surface area contributed by atoms with Gasteiger partial charge in [0.2, 0.25) is 0 Å². The van der Waals surface area contributed by atoms with Gasteiger partial charge < -0.3 is 4.74 Å². The van der Waals surface area contributed by atoms with Crippen molar-refractivity contribution in [3.05, 3.63) is 34.5 Å². The van der Waals surface area contributed by atoms with E-state index in [0.717, 1.165) is 18.4 Å². The fourth-order valence-electron chi connectivity index (χ4n) is 2.15. The van der Waals surface area contributed by atoms with Gasteiger partial charge >= 0.3 is 5.97 Å².